The maximum atomic E-state index is 3.60. The molecule has 1 aliphatic rings. The van der Waals surface area contributed by atoms with Gasteiger partial charge in [0.25, 0.3) is 0 Å². The summed E-state index contributed by atoms with van der Waals surface area (Å²) in [4.78, 5) is 0. The van der Waals surface area contributed by atoms with Crippen molar-refractivity contribution in [3.8, 4) is 0 Å². The van der Waals surface area contributed by atoms with Crippen molar-refractivity contribution in [3.05, 3.63) is 35.9 Å². The predicted octanol–water partition coefficient (Wildman–Crippen LogP) is 2.62. The minimum atomic E-state index is 0.552. The summed E-state index contributed by atoms with van der Waals surface area (Å²) >= 11 is 0. The van der Waals surface area contributed by atoms with Gasteiger partial charge >= 0.3 is 0 Å². The highest BCUT2D eigenvalue weighted by Crippen LogP contribution is 2.44. The minimum Gasteiger partial charge on any atom is -0.313 e. The van der Waals surface area contributed by atoms with Crippen LogP contribution in [-0.4, -0.2) is 12.6 Å². The molecule has 0 heterocycles. The maximum absolute atomic E-state index is 3.60. The predicted molar refractivity (Wildman–Crippen MR) is 60.3 cm³/mol. The lowest BCUT2D eigenvalue weighted by atomic mass is 10.1. The normalized spacial score (nSPS) is 23.4. The molecule has 1 atom stereocenters. The molecule has 1 nitrogen and oxygen atoms in total. The Morgan fingerprint density at radius 2 is 1.93 bits per heavy atom. The fourth-order valence-corrected chi connectivity index (χ4v) is 1.85. The number of benzene rings is 1. The van der Waals surface area contributed by atoms with Crippen molar-refractivity contribution in [2.75, 3.05) is 6.54 Å². The average molecular weight is 189 g/mol. The molecule has 1 fully saturated rings. The second-order valence-corrected chi connectivity index (χ2v) is 4.94. The van der Waals surface area contributed by atoms with Crippen molar-refractivity contribution in [1.29, 1.82) is 0 Å². The second kappa shape index (κ2) is 3.74. The van der Waals surface area contributed by atoms with Crippen molar-refractivity contribution in [2.24, 2.45) is 5.41 Å². The van der Waals surface area contributed by atoms with E-state index in [0.29, 0.717) is 5.41 Å². The third-order valence-corrected chi connectivity index (χ3v) is 3.16. The lowest BCUT2D eigenvalue weighted by molar-refractivity contribution is 0.544. The highest BCUT2D eigenvalue weighted by molar-refractivity contribution is 5.15. The van der Waals surface area contributed by atoms with Gasteiger partial charge in [-0.05, 0) is 30.4 Å². The third-order valence-electron chi connectivity index (χ3n) is 3.16. The SMILES string of the molecule is CC1(C)CC1NCCc1ccccc1. The van der Waals surface area contributed by atoms with Crippen molar-refractivity contribution in [1.82, 2.24) is 5.32 Å². The van der Waals surface area contributed by atoms with Crippen molar-refractivity contribution in [2.45, 2.75) is 32.7 Å². The average Bonchev–Trinajstić information content (AvgIpc) is 2.76. The van der Waals surface area contributed by atoms with Gasteiger partial charge in [0.2, 0.25) is 0 Å². The Bertz CT molecular complexity index is 289. The first-order valence-electron chi connectivity index (χ1n) is 5.46. The van der Waals surface area contributed by atoms with Crippen LogP contribution in [0, 0.1) is 5.41 Å². The van der Waals surface area contributed by atoms with Crippen LogP contribution in [-0.2, 0) is 6.42 Å². The summed E-state index contributed by atoms with van der Waals surface area (Å²) in [7, 11) is 0. The first kappa shape index (κ1) is 9.72. The summed E-state index contributed by atoms with van der Waals surface area (Å²) in [6.45, 7) is 5.76. The van der Waals surface area contributed by atoms with Crippen LogP contribution in [0.5, 0.6) is 0 Å². The Labute approximate surface area is 86.5 Å². The molecule has 1 aliphatic carbocycles. The van der Waals surface area contributed by atoms with Gasteiger partial charge in [0.15, 0.2) is 0 Å². The second-order valence-electron chi connectivity index (χ2n) is 4.94. The van der Waals surface area contributed by atoms with E-state index in [4.69, 9.17) is 0 Å². The summed E-state index contributed by atoms with van der Waals surface area (Å²) in [6.07, 6.45) is 2.48. The van der Waals surface area contributed by atoms with Gasteiger partial charge in [-0.3, -0.25) is 0 Å². The number of rotatable bonds is 4. The van der Waals surface area contributed by atoms with Gasteiger partial charge < -0.3 is 5.32 Å². The molecule has 1 heteroatoms. The summed E-state index contributed by atoms with van der Waals surface area (Å²) < 4.78 is 0. The van der Waals surface area contributed by atoms with Crippen LogP contribution >= 0.6 is 0 Å². The highest BCUT2D eigenvalue weighted by Gasteiger charge is 2.44. The van der Waals surface area contributed by atoms with Crippen LogP contribution in [0.2, 0.25) is 0 Å². The molecular weight excluding hydrogens is 170 g/mol. The summed E-state index contributed by atoms with van der Waals surface area (Å²) in [5.74, 6) is 0. The van der Waals surface area contributed by atoms with Crippen molar-refractivity contribution < 1.29 is 0 Å². The molecule has 1 unspecified atom stereocenters. The zero-order chi connectivity index (χ0) is 10.0. The van der Waals surface area contributed by atoms with Crippen LogP contribution in [0.4, 0.5) is 0 Å². The Morgan fingerprint density at radius 1 is 1.29 bits per heavy atom. The van der Waals surface area contributed by atoms with Crippen LogP contribution < -0.4 is 5.32 Å². The Morgan fingerprint density at radius 3 is 2.50 bits per heavy atom. The number of hydrogen-bond acceptors (Lipinski definition) is 1. The topological polar surface area (TPSA) is 12.0 Å². The van der Waals surface area contributed by atoms with Gasteiger partial charge in [-0.2, -0.15) is 0 Å². The van der Waals surface area contributed by atoms with Crippen LogP contribution in [0.1, 0.15) is 25.8 Å². The van der Waals surface area contributed by atoms with Crippen molar-refractivity contribution in [3.63, 3.8) is 0 Å². The van der Waals surface area contributed by atoms with E-state index in [-0.39, 0.29) is 0 Å². The van der Waals surface area contributed by atoms with Gasteiger partial charge in [0.05, 0.1) is 0 Å². The van der Waals surface area contributed by atoms with Gasteiger partial charge in [-0.1, -0.05) is 44.2 Å². The molecule has 0 aromatic heterocycles. The molecule has 1 aromatic carbocycles. The summed E-state index contributed by atoms with van der Waals surface area (Å²) in [6, 6.07) is 11.4. The van der Waals surface area contributed by atoms with E-state index in [9.17, 15) is 0 Å². The molecule has 0 amide bonds. The van der Waals surface area contributed by atoms with E-state index in [1.54, 1.807) is 0 Å². The van der Waals surface area contributed by atoms with E-state index in [1.165, 1.54) is 12.0 Å². The van der Waals surface area contributed by atoms with E-state index >= 15 is 0 Å². The third kappa shape index (κ3) is 2.36. The lowest BCUT2D eigenvalue weighted by Crippen LogP contribution is -2.23. The molecule has 0 spiro atoms. The smallest absolute Gasteiger partial charge is 0.0125 e. The van der Waals surface area contributed by atoms with Crippen LogP contribution in [0.3, 0.4) is 0 Å². The number of nitrogens with one attached hydrogen (secondary N) is 1. The van der Waals surface area contributed by atoms with E-state index in [1.807, 2.05) is 0 Å². The molecular formula is C13H19N. The zero-order valence-corrected chi connectivity index (χ0v) is 9.09. The summed E-state index contributed by atoms with van der Waals surface area (Å²) in [5.41, 5.74) is 1.98. The van der Waals surface area contributed by atoms with Gasteiger partial charge in [-0.25, -0.2) is 0 Å². The monoisotopic (exact) mass is 189 g/mol. The largest absolute Gasteiger partial charge is 0.313 e. The molecule has 0 bridgehead atoms. The van der Waals surface area contributed by atoms with E-state index in [0.717, 1.165) is 19.0 Å². The Kier molecular flexibility index (Phi) is 2.60. The standard InChI is InChI=1S/C13H19N/c1-13(2)10-12(13)14-9-8-11-6-4-3-5-7-11/h3-7,12,14H,8-10H2,1-2H3. The Balaban J connectivity index is 1.69. The molecule has 14 heavy (non-hydrogen) atoms. The zero-order valence-electron chi connectivity index (χ0n) is 9.09. The van der Waals surface area contributed by atoms with E-state index < -0.39 is 0 Å². The van der Waals surface area contributed by atoms with Crippen LogP contribution in [0.15, 0.2) is 30.3 Å². The quantitative estimate of drug-likeness (QED) is 0.767. The fraction of sp³-hybridized carbons (Fsp3) is 0.538. The molecule has 1 aromatic rings. The molecule has 1 N–H and O–H groups in total. The minimum absolute atomic E-state index is 0.552. The highest BCUT2D eigenvalue weighted by atomic mass is 15.0. The molecule has 76 valence electrons. The van der Waals surface area contributed by atoms with Crippen LogP contribution in [0.25, 0.3) is 0 Å². The van der Waals surface area contributed by atoms with E-state index in [2.05, 4.69) is 49.5 Å². The molecule has 1 saturated carbocycles. The molecule has 0 aliphatic heterocycles. The van der Waals surface area contributed by atoms with Gasteiger partial charge in [0.1, 0.15) is 0 Å². The lowest BCUT2D eigenvalue weighted by Gasteiger charge is -2.06. The van der Waals surface area contributed by atoms with Crippen molar-refractivity contribution >= 4 is 0 Å². The summed E-state index contributed by atoms with van der Waals surface area (Å²) in [5, 5.41) is 3.60. The first-order chi connectivity index (χ1) is 6.68. The molecule has 0 radical (unpaired) electrons. The molecule has 2 rings (SSSR count). The van der Waals surface area contributed by atoms with Gasteiger partial charge in [-0.15, -0.1) is 0 Å². The maximum Gasteiger partial charge on any atom is 0.0125 e. The fourth-order valence-electron chi connectivity index (χ4n) is 1.85. The first-order valence-corrected chi connectivity index (χ1v) is 5.46. The van der Waals surface area contributed by atoms with Gasteiger partial charge in [0, 0.05) is 6.04 Å². The number of hydrogen-bond donors (Lipinski definition) is 1. The Hall–Kier alpha value is -0.820. The molecule has 0 saturated heterocycles.